The number of nitrogen functional groups attached to an aromatic ring is 2. The van der Waals surface area contributed by atoms with Gasteiger partial charge in [-0.05, 0) is 19.9 Å². The Morgan fingerprint density at radius 3 is 2.50 bits per heavy atom. The topological polar surface area (TPSA) is 111 Å². The van der Waals surface area contributed by atoms with Crippen LogP contribution in [0.4, 0.5) is 11.4 Å². The monoisotopic (exact) mass is 271 g/mol. The Hall–Kier alpha value is -2.63. The molecule has 0 spiro atoms. The van der Waals surface area contributed by atoms with E-state index in [2.05, 4.69) is 5.10 Å². The quantitative estimate of drug-likeness (QED) is 0.582. The first-order chi connectivity index (χ1) is 9.47. The third-order valence-electron chi connectivity index (χ3n) is 3.04. The summed E-state index contributed by atoms with van der Waals surface area (Å²) in [4.78, 5) is 12.2. The Kier molecular flexibility index (Phi) is 3.56. The maximum absolute atomic E-state index is 12.2. The first-order valence-electron chi connectivity index (χ1n) is 6.25. The molecule has 6 nitrogen and oxygen atoms in total. The molecule has 1 aromatic heterocycles. The Labute approximate surface area is 116 Å². The van der Waals surface area contributed by atoms with Gasteiger partial charge in [-0.3, -0.25) is 4.79 Å². The Morgan fingerprint density at radius 1 is 1.30 bits per heavy atom. The summed E-state index contributed by atoms with van der Waals surface area (Å²) in [5, 5.41) is 11.7. The number of benzene rings is 1. The minimum Gasteiger partial charge on any atom is -0.398 e. The zero-order chi connectivity index (χ0) is 14.9. The van der Waals surface area contributed by atoms with Crippen LogP contribution in [0.3, 0.4) is 0 Å². The number of anilines is 2. The van der Waals surface area contributed by atoms with Gasteiger partial charge in [-0.1, -0.05) is 18.2 Å². The lowest BCUT2D eigenvalue weighted by atomic mass is 10.1. The Morgan fingerprint density at radius 2 is 1.95 bits per heavy atom. The van der Waals surface area contributed by atoms with Crippen molar-refractivity contribution in [1.29, 1.82) is 5.41 Å². The van der Waals surface area contributed by atoms with Gasteiger partial charge in [0.05, 0.1) is 17.3 Å². The minimum absolute atomic E-state index is 0.131. The van der Waals surface area contributed by atoms with Gasteiger partial charge in [-0.2, -0.15) is 5.10 Å². The van der Waals surface area contributed by atoms with Crippen LogP contribution in [0, 0.1) is 5.41 Å². The average Bonchev–Trinajstić information content (AvgIpc) is 2.40. The van der Waals surface area contributed by atoms with Crippen molar-refractivity contribution < 1.29 is 0 Å². The summed E-state index contributed by atoms with van der Waals surface area (Å²) >= 11 is 0. The van der Waals surface area contributed by atoms with Crippen LogP contribution in [-0.4, -0.2) is 16.0 Å². The van der Waals surface area contributed by atoms with E-state index >= 15 is 0 Å². The molecular formula is C14H17N5O. The van der Waals surface area contributed by atoms with Crippen molar-refractivity contribution in [2.45, 2.75) is 19.9 Å². The van der Waals surface area contributed by atoms with Gasteiger partial charge in [0, 0.05) is 17.5 Å². The standard InChI is InChI=1S/C14H17N5O/c1-8(2)19-14(20)10(7-15)12(17)13(18-19)9-5-3-4-6-11(9)16/h3-8,15H,16-17H2,1-2H3. The van der Waals surface area contributed by atoms with Crippen LogP contribution in [0.2, 0.25) is 0 Å². The summed E-state index contributed by atoms with van der Waals surface area (Å²) in [6.07, 6.45) is 0.959. The minimum atomic E-state index is -0.370. The number of para-hydroxylation sites is 1. The highest BCUT2D eigenvalue weighted by Crippen LogP contribution is 2.29. The van der Waals surface area contributed by atoms with Crippen molar-refractivity contribution in [2.75, 3.05) is 11.5 Å². The van der Waals surface area contributed by atoms with Crippen LogP contribution in [0.5, 0.6) is 0 Å². The van der Waals surface area contributed by atoms with Gasteiger partial charge in [-0.15, -0.1) is 0 Å². The van der Waals surface area contributed by atoms with E-state index in [-0.39, 0.29) is 22.9 Å². The molecule has 104 valence electrons. The molecule has 0 radical (unpaired) electrons. The molecule has 0 saturated carbocycles. The van der Waals surface area contributed by atoms with Gasteiger partial charge in [0.25, 0.3) is 5.56 Å². The molecule has 6 heteroatoms. The van der Waals surface area contributed by atoms with Gasteiger partial charge in [0.15, 0.2) is 0 Å². The molecule has 1 aromatic carbocycles. The molecule has 0 amide bonds. The number of aromatic nitrogens is 2. The highest BCUT2D eigenvalue weighted by Gasteiger charge is 2.17. The Bertz CT molecular complexity index is 718. The number of hydrogen-bond donors (Lipinski definition) is 3. The molecule has 2 aromatic rings. The molecule has 20 heavy (non-hydrogen) atoms. The van der Waals surface area contributed by atoms with E-state index in [1.165, 1.54) is 4.68 Å². The van der Waals surface area contributed by atoms with Crippen molar-refractivity contribution in [3.63, 3.8) is 0 Å². The SMILES string of the molecule is CC(C)n1nc(-c2ccccc2N)c(N)c(C=N)c1=O. The normalized spacial score (nSPS) is 10.8. The van der Waals surface area contributed by atoms with Gasteiger partial charge >= 0.3 is 0 Å². The first kappa shape index (κ1) is 13.8. The molecule has 0 fully saturated rings. The summed E-state index contributed by atoms with van der Waals surface area (Å²) < 4.78 is 1.32. The van der Waals surface area contributed by atoms with E-state index in [1.54, 1.807) is 12.1 Å². The highest BCUT2D eigenvalue weighted by molar-refractivity contribution is 5.92. The van der Waals surface area contributed by atoms with Gasteiger partial charge in [0.1, 0.15) is 5.69 Å². The van der Waals surface area contributed by atoms with E-state index in [4.69, 9.17) is 16.9 Å². The summed E-state index contributed by atoms with van der Waals surface area (Å²) in [6.45, 7) is 3.69. The maximum Gasteiger partial charge on any atom is 0.277 e. The number of nitrogens with zero attached hydrogens (tertiary/aromatic N) is 2. The van der Waals surface area contributed by atoms with Crippen LogP contribution in [0.1, 0.15) is 25.5 Å². The van der Waals surface area contributed by atoms with Crippen LogP contribution < -0.4 is 17.0 Å². The predicted octanol–water partition coefficient (Wildman–Crippen LogP) is 1.65. The van der Waals surface area contributed by atoms with E-state index < -0.39 is 0 Å². The lowest BCUT2D eigenvalue weighted by Crippen LogP contribution is -2.29. The van der Waals surface area contributed by atoms with Crippen LogP contribution in [0.25, 0.3) is 11.3 Å². The second kappa shape index (κ2) is 5.16. The first-order valence-corrected chi connectivity index (χ1v) is 6.25. The van der Waals surface area contributed by atoms with Crippen molar-refractivity contribution in [3.05, 3.63) is 40.2 Å². The molecule has 2 rings (SSSR count). The smallest absolute Gasteiger partial charge is 0.277 e. The molecule has 0 saturated heterocycles. The van der Waals surface area contributed by atoms with Crippen molar-refractivity contribution in [1.82, 2.24) is 9.78 Å². The maximum atomic E-state index is 12.2. The fourth-order valence-electron chi connectivity index (χ4n) is 1.97. The van der Waals surface area contributed by atoms with Gasteiger partial charge < -0.3 is 16.9 Å². The molecular weight excluding hydrogens is 254 g/mol. The summed E-state index contributed by atoms with van der Waals surface area (Å²) in [6, 6.07) is 7.03. The lowest BCUT2D eigenvalue weighted by Gasteiger charge is -2.15. The molecule has 0 aliphatic heterocycles. The molecule has 0 atom stereocenters. The van der Waals surface area contributed by atoms with Crippen LogP contribution in [-0.2, 0) is 0 Å². The zero-order valence-electron chi connectivity index (χ0n) is 11.4. The number of nitrogens with two attached hydrogens (primary N) is 2. The van der Waals surface area contributed by atoms with E-state index in [9.17, 15) is 4.79 Å². The van der Waals surface area contributed by atoms with Crippen molar-refractivity contribution in [2.24, 2.45) is 0 Å². The fraction of sp³-hybridized carbons (Fsp3) is 0.214. The van der Waals surface area contributed by atoms with E-state index in [1.807, 2.05) is 26.0 Å². The van der Waals surface area contributed by atoms with Gasteiger partial charge in [-0.25, -0.2) is 4.68 Å². The molecule has 0 unspecified atom stereocenters. The zero-order valence-corrected chi connectivity index (χ0v) is 11.4. The highest BCUT2D eigenvalue weighted by atomic mass is 16.1. The lowest BCUT2D eigenvalue weighted by molar-refractivity contribution is 0.505. The van der Waals surface area contributed by atoms with Crippen LogP contribution >= 0.6 is 0 Å². The largest absolute Gasteiger partial charge is 0.398 e. The number of hydrogen-bond acceptors (Lipinski definition) is 5. The second-order valence-corrected chi connectivity index (χ2v) is 4.75. The third-order valence-corrected chi connectivity index (χ3v) is 3.04. The average molecular weight is 271 g/mol. The Balaban J connectivity index is 2.84. The van der Waals surface area contributed by atoms with E-state index in [0.29, 0.717) is 16.9 Å². The second-order valence-electron chi connectivity index (χ2n) is 4.75. The van der Waals surface area contributed by atoms with Crippen molar-refractivity contribution in [3.8, 4) is 11.3 Å². The molecule has 0 aliphatic carbocycles. The molecule has 1 heterocycles. The van der Waals surface area contributed by atoms with E-state index in [0.717, 1.165) is 6.21 Å². The number of nitrogens with one attached hydrogen (secondary N) is 1. The predicted molar refractivity (Wildman–Crippen MR) is 81.0 cm³/mol. The third kappa shape index (κ3) is 2.16. The molecule has 0 aliphatic rings. The summed E-state index contributed by atoms with van der Waals surface area (Å²) in [7, 11) is 0. The van der Waals surface area contributed by atoms with Crippen LogP contribution in [0.15, 0.2) is 29.1 Å². The molecule has 5 N–H and O–H groups in total. The van der Waals surface area contributed by atoms with Crippen molar-refractivity contribution >= 4 is 17.6 Å². The summed E-state index contributed by atoms with van der Waals surface area (Å²) in [5.41, 5.74) is 13.5. The molecule has 0 bridgehead atoms. The fourth-order valence-corrected chi connectivity index (χ4v) is 1.97. The number of rotatable bonds is 3. The summed E-state index contributed by atoms with van der Waals surface area (Å²) in [5.74, 6) is 0. The van der Waals surface area contributed by atoms with Gasteiger partial charge in [0.2, 0.25) is 0 Å².